The number of aryl methyl sites for hydroxylation is 1. The zero-order chi connectivity index (χ0) is 21.4. The van der Waals surface area contributed by atoms with Crippen molar-refractivity contribution in [3.05, 3.63) is 56.8 Å². The van der Waals surface area contributed by atoms with Gasteiger partial charge in [-0.25, -0.2) is 4.79 Å². The molecule has 10 nitrogen and oxygen atoms in total. The largest absolute Gasteiger partial charge is 0.468 e. The molecule has 2 heterocycles. The second-order valence-electron chi connectivity index (χ2n) is 6.21. The molecule has 3 N–H and O–H groups in total. The summed E-state index contributed by atoms with van der Waals surface area (Å²) in [4.78, 5) is 17.6. The first-order valence-electron chi connectivity index (χ1n) is 8.53. The molecular formula is C18H15Cl2N5O5. The van der Waals surface area contributed by atoms with Gasteiger partial charge in [-0.15, -0.1) is 0 Å². The first-order valence-corrected chi connectivity index (χ1v) is 9.29. The van der Waals surface area contributed by atoms with Crippen molar-refractivity contribution in [2.24, 2.45) is 7.05 Å². The summed E-state index contributed by atoms with van der Waals surface area (Å²) in [5.74, 6) is -0.138. The number of halogens is 2. The summed E-state index contributed by atoms with van der Waals surface area (Å²) in [6, 6.07) is 8.80. The SMILES string of the molecule is COc1nc2ccc(Oc3c(Cl)cc(NC(O)c4noc(=O)[nH]4)cc3Cl)cc2n1C. The van der Waals surface area contributed by atoms with Crippen molar-refractivity contribution in [3.8, 4) is 17.5 Å². The van der Waals surface area contributed by atoms with Gasteiger partial charge in [-0.2, -0.15) is 4.98 Å². The summed E-state index contributed by atoms with van der Waals surface area (Å²) in [7, 11) is 3.37. The number of aliphatic hydroxyl groups is 1. The number of hydrogen-bond donors (Lipinski definition) is 3. The van der Waals surface area contributed by atoms with Gasteiger partial charge in [0.2, 0.25) is 5.82 Å². The van der Waals surface area contributed by atoms with E-state index >= 15 is 0 Å². The first-order chi connectivity index (χ1) is 14.4. The maximum atomic E-state index is 11.0. The lowest BCUT2D eigenvalue weighted by Gasteiger charge is -2.15. The Bertz CT molecular complexity index is 1260. The molecule has 1 unspecified atom stereocenters. The number of fused-ring (bicyclic) bond motifs is 1. The normalized spacial score (nSPS) is 12.2. The Kier molecular flexibility index (Phi) is 5.29. The van der Waals surface area contributed by atoms with Gasteiger partial charge in [0.15, 0.2) is 12.0 Å². The van der Waals surface area contributed by atoms with E-state index in [1.165, 1.54) is 12.1 Å². The van der Waals surface area contributed by atoms with E-state index in [9.17, 15) is 9.90 Å². The average molecular weight is 452 g/mol. The van der Waals surface area contributed by atoms with E-state index in [-0.39, 0.29) is 21.6 Å². The Balaban J connectivity index is 1.58. The van der Waals surface area contributed by atoms with Crippen LogP contribution in [-0.4, -0.2) is 31.9 Å². The van der Waals surface area contributed by atoms with Gasteiger partial charge in [-0.1, -0.05) is 28.4 Å². The topological polar surface area (TPSA) is 127 Å². The summed E-state index contributed by atoms with van der Waals surface area (Å²) in [6.45, 7) is 0. The van der Waals surface area contributed by atoms with Crippen molar-refractivity contribution in [2.75, 3.05) is 12.4 Å². The molecule has 1 atom stereocenters. The number of anilines is 1. The quantitative estimate of drug-likeness (QED) is 0.380. The molecule has 0 spiro atoms. The van der Waals surface area contributed by atoms with Gasteiger partial charge in [0, 0.05) is 18.8 Å². The molecule has 0 radical (unpaired) electrons. The molecule has 30 heavy (non-hydrogen) atoms. The van der Waals surface area contributed by atoms with Crippen LogP contribution in [0.3, 0.4) is 0 Å². The summed E-state index contributed by atoms with van der Waals surface area (Å²) >= 11 is 12.7. The van der Waals surface area contributed by atoms with Gasteiger partial charge in [0.1, 0.15) is 5.75 Å². The molecule has 0 amide bonds. The fourth-order valence-electron chi connectivity index (χ4n) is 2.84. The Morgan fingerprint density at radius 1 is 1.27 bits per heavy atom. The monoisotopic (exact) mass is 451 g/mol. The van der Waals surface area contributed by atoms with Crippen LogP contribution in [0.1, 0.15) is 12.1 Å². The van der Waals surface area contributed by atoms with E-state index < -0.39 is 12.0 Å². The van der Waals surface area contributed by atoms with Crippen molar-refractivity contribution in [1.82, 2.24) is 19.7 Å². The summed E-state index contributed by atoms with van der Waals surface area (Å²) in [5, 5.41) is 16.6. The number of methoxy groups -OCH3 is 1. The van der Waals surface area contributed by atoms with Gasteiger partial charge < -0.3 is 19.9 Å². The maximum absolute atomic E-state index is 11.0. The van der Waals surface area contributed by atoms with Crippen molar-refractivity contribution in [1.29, 1.82) is 0 Å². The third-order valence-corrected chi connectivity index (χ3v) is 4.79. The second kappa shape index (κ2) is 7.90. The number of benzene rings is 2. The molecule has 0 saturated carbocycles. The lowest BCUT2D eigenvalue weighted by atomic mass is 10.2. The highest BCUT2D eigenvalue weighted by Crippen LogP contribution is 2.40. The number of aromatic nitrogens is 4. The third-order valence-electron chi connectivity index (χ3n) is 4.23. The van der Waals surface area contributed by atoms with Crippen molar-refractivity contribution < 1.29 is 19.1 Å². The summed E-state index contributed by atoms with van der Waals surface area (Å²) in [5.41, 5.74) is 1.93. The Labute approximate surface area is 178 Å². The van der Waals surface area contributed by atoms with Crippen molar-refractivity contribution in [2.45, 2.75) is 6.23 Å². The van der Waals surface area contributed by atoms with E-state index in [0.29, 0.717) is 17.4 Å². The van der Waals surface area contributed by atoms with Crippen molar-refractivity contribution in [3.63, 3.8) is 0 Å². The van der Waals surface area contributed by atoms with Crippen LogP contribution in [0.25, 0.3) is 11.0 Å². The highest BCUT2D eigenvalue weighted by Gasteiger charge is 2.17. The number of rotatable bonds is 6. The minimum atomic E-state index is -1.34. The molecule has 4 rings (SSSR count). The van der Waals surface area contributed by atoms with Crippen LogP contribution >= 0.6 is 23.2 Å². The molecule has 2 aromatic heterocycles. The van der Waals surface area contributed by atoms with Gasteiger partial charge >= 0.3 is 5.76 Å². The van der Waals surface area contributed by atoms with Crippen LogP contribution in [0.2, 0.25) is 10.0 Å². The van der Waals surface area contributed by atoms with Crippen LogP contribution in [0.5, 0.6) is 17.5 Å². The number of aromatic amines is 1. The molecule has 0 aliphatic heterocycles. The summed E-state index contributed by atoms with van der Waals surface area (Å²) < 4.78 is 17.2. The standard InChI is InChI=1S/C18H15Cl2N5O5/c1-25-13-7-9(3-4-12(13)22-17(25)28-2)29-14-10(19)5-8(6-11(14)20)21-16(26)15-23-18(27)30-24-15/h3-7,16,21,26H,1-2H3,(H,23,24,27). The molecule has 156 valence electrons. The molecule has 4 aromatic rings. The number of ether oxygens (including phenoxy) is 2. The first kappa shape index (κ1) is 20.1. The molecule has 0 bridgehead atoms. The van der Waals surface area contributed by atoms with E-state index in [0.717, 1.165) is 11.0 Å². The molecule has 0 saturated heterocycles. The van der Waals surface area contributed by atoms with Crippen LogP contribution < -0.4 is 20.5 Å². The Morgan fingerprint density at radius 2 is 2.00 bits per heavy atom. The van der Waals surface area contributed by atoms with Gasteiger partial charge in [-0.3, -0.25) is 14.1 Å². The zero-order valence-corrected chi connectivity index (χ0v) is 17.2. The zero-order valence-electron chi connectivity index (χ0n) is 15.6. The lowest BCUT2D eigenvalue weighted by molar-refractivity contribution is 0.192. The van der Waals surface area contributed by atoms with Crippen LogP contribution in [0, 0.1) is 0 Å². The lowest BCUT2D eigenvalue weighted by Crippen LogP contribution is -2.12. The molecule has 2 aromatic carbocycles. The number of nitrogens with one attached hydrogen (secondary N) is 2. The Hall–Kier alpha value is -3.21. The number of nitrogens with zero attached hydrogens (tertiary/aromatic N) is 3. The Morgan fingerprint density at radius 3 is 2.63 bits per heavy atom. The van der Waals surface area contributed by atoms with E-state index in [2.05, 4.69) is 25.0 Å². The molecule has 12 heteroatoms. The number of H-pyrrole nitrogens is 1. The molecule has 0 fully saturated rings. The van der Waals surface area contributed by atoms with E-state index in [1.54, 1.807) is 29.9 Å². The fourth-order valence-corrected chi connectivity index (χ4v) is 3.40. The van der Waals surface area contributed by atoms with Crippen LogP contribution in [0.4, 0.5) is 5.69 Å². The molecule has 0 aliphatic rings. The summed E-state index contributed by atoms with van der Waals surface area (Å²) in [6.07, 6.45) is -1.34. The van der Waals surface area contributed by atoms with E-state index in [4.69, 9.17) is 32.7 Å². The number of hydrogen-bond acceptors (Lipinski definition) is 8. The fraction of sp³-hybridized carbons (Fsp3) is 0.167. The minimum absolute atomic E-state index is 0.0903. The average Bonchev–Trinajstić information content (AvgIpc) is 3.28. The molecule has 0 aliphatic carbocycles. The van der Waals surface area contributed by atoms with E-state index in [1.807, 2.05) is 7.05 Å². The highest BCUT2D eigenvalue weighted by molar-refractivity contribution is 6.37. The second-order valence-corrected chi connectivity index (χ2v) is 7.02. The minimum Gasteiger partial charge on any atom is -0.468 e. The van der Waals surface area contributed by atoms with Crippen LogP contribution in [-0.2, 0) is 7.05 Å². The third kappa shape index (κ3) is 3.80. The van der Waals surface area contributed by atoms with Gasteiger partial charge in [-0.05, 0) is 24.3 Å². The van der Waals surface area contributed by atoms with Gasteiger partial charge in [0.25, 0.3) is 6.01 Å². The smallest absolute Gasteiger partial charge is 0.439 e. The van der Waals surface area contributed by atoms with Crippen LogP contribution in [0.15, 0.2) is 39.6 Å². The number of imidazole rings is 1. The predicted molar refractivity (Wildman–Crippen MR) is 110 cm³/mol. The van der Waals surface area contributed by atoms with Crippen molar-refractivity contribution >= 4 is 39.9 Å². The van der Waals surface area contributed by atoms with Gasteiger partial charge in [0.05, 0.1) is 28.2 Å². The highest BCUT2D eigenvalue weighted by atomic mass is 35.5. The predicted octanol–water partition coefficient (Wildman–Crippen LogP) is 3.46. The number of aliphatic hydroxyl groups excluding tert-OH is 1. The maximum Gasteiger partial charge on any atom is 0.439 e. The molecular weight excluding hydrogens is 437 g/mol.